The molecule has 3 heteroatoms. The number of hydrogen-bond acceptors (Lipinski definition) is 3. The van der Waals surface area contributed by atoms with Crippen LogP contribution in [0.25, 0.3) is 0 Å². The lowest BCUT2D eigenvalue weighted by Crippen LogP contribution is -2.01. The molecule has 0 saturated carbocycles. The normalized spacial score (nSPS) is 16.5. The molecule has 2 aromatic rings. The second-order valence-corrected chi connectivity index (χ2v) is 6.87. The van der Waals surface area contributed by atoms with Crippen LogP contribution in [0, 0.1) is 6.92 Å². The summed E-state index contributed by atoms with van der Waals surface area (Å²) in [6.45, 7) is 2.03. The van der Waals surface area contributed by atoms with Crippen molar-refractivity contribution in [2.45, 2.75) is 51.6 Å². The van der Waals surface area contributed by atoms with Gasteiger partial charge in [-0.1, -0.05) is 12.5 Å². The highest BCUT2D eigenvalue weighted by atomic mass is 32.1. The highest BCUT2D eigenvalue weighted by molar-refractivity contribution is 7.12. The van der Waals surface area contributed by atoms with Gasteiger partial charge in [0, 0.05) is 28.1 Å². The third-order valence-electron chi connectivity index (χ3n) is 3.97. The van der Waals surface area contributed by atoms with Crippen molar-refractivity contribution in [2.24, 2.45) is 0 Å². The Kier molecular flexibility index (Phi) is 4.18. The van der Waals surface area contributed by atoms with Gasteiger partial charge in [0.1, 0.15) is 0 Å². The minimum atomic E-state index is -0.415. The number of aromatic nitrogens is 1. The zero-order chi connectivity index (χ0) is 13.9. The van der Waals surface area contributed by atoms with Gasteiger partial charge in [-0.2, -0.15) is 0 Å². The molecule has 0 radical (unpaired) electrons. The first-order chi connectivity index (χ1) is 9.72. The summed E-state index contributed by atoms with van der Waals surface area (Å²) in [5.74, 6) is 0. The number of aryl methyl sites for hydroxylation is 3. The Morgan fingerprint density at radius 3 is 2.90 bits per heavy atom. The first-order valence-electron chi connectivity index (χ1n) is 7.43. The fourth-order valence-electron chi connectivity index (χ4n) is 2.77. The Balaban J connectivity index is 1.73. The summed E-state index contributed by atoms with van der Waals surface area (Å²) in [7, 11) is 0. The van der Waals surface area contributed by atoms with Gasteiger partial charge in [0.25, 0.3) is 0 Å². The van der Waals surface area contributed by atoms with Crippen molar-refractivity contribution in [3.05, 3.63) is 51.0 Å². The summed E-state index contributed by atoms with van der Waals surface area (Å²) in [5, 5.41) is 10.4. The predicted octanol–water partition coefficient (Wildman–Crippen LogP) is 4.00. The van der Waals surface area contributed by atoms with Gasteiger partial charge in [0.2, 0.25) is 0 Å². The fraction of sp³-hybridized carbons (Fsp3) is 0.471. The Bertz CT molecular complexity index is 550. The van der Waals surface area contributed by atoms with Crippen LogP contribution in [0.15, 0.2) is 24.4 Å². The smallest absolute Gasteiger partial charge is 0.0937 e. The van der Waals surface area contributed by atoms with Gasteiger partial charge in [-0.25, -0.2) is 0 Å². The largest absolute Gasteiger partial charge is 0.387 e. The van der Waals surface area contributed by atoms with Gasteiger partial charge in [0.15, 0.2) is 0 Å². The zero-order valence-electron chi connectivity index (χ0n) is 11.9. The molecular weight excluding hydrogens is 266 g/mol. The first kappa shape index (κ1) is 13.8. The van der Waals surface area contributed by atoms with E-state index >= 15 is 0 Å². The van der Waals surface area contributed by atoms with E-state index in [1.807, 2.05) is 19.2 Å². The molecule has 1 atom stereocenters. The molecule has 1 N–H and O–H groups in total. The number of aliphatic hydroxyl groups is 1. The highest BCUT2D eigenvalue weighted by Gasteiger charge is 2.17. The molecule has 0 amide bonds. The Hall–Kier alpha value is -1.19. The molecule has 2 heterocycles. The number of aliphatic hydroxyl groups excluding tert-OH is 1. The van der Waals surface area contributed by atoms with E-state index in [0.717, 1.165) is 16.1 Å². The Morgan fingerprint density at radius 2 is 2.10 bits per heavy atom. The van der Waals surface area contributed by atoms with E-state index in [0.29, 0.717) is 6.42 Å². The van der Waals surface area contributed by atoms with Crippen LogP contribution >= 0.6 is 11.3 Å². The molecule has 2 nitrogen and oxygen atoms in total. The van der Waals surface area contributed by atoms with Crippen LogP contribution in [0.2, 0.25) is 0 Å². The molecule has 3 rings (SSSR count). The summed E-state index contributed by atoms with van der Waals surface area (Å²) >= 11 is 1.80. The number of nitrogens with zero attached hydrogens (tertiary/aromatic N) is 1. The monoisotopic (exact) mass is 287 g/mol. The second-order valence-electron chi connectivity index (χ2n) is 5.70. The van der Waals surface area contributed by atoms with Crippen molar-refractivity contribution in [2.75, 3.05) is 0 Å². The van der Waals surface area contributed by atoms with Crippen LogP contribution in [0.5, 0.6) is 0 Å². The molecule has 0 aromatic carbocycles. The summed E-state index contributed by atoms with van der Waals surface area (Å²) in [6.07, 6.45) is 8.36. The average Bonchev–Trinajstić information content (AvgIpc) is 2.73. The number of rotatable bonds is 3. The van der Waals surface area contributed by atoms with E-state index in [1.54, 1.807) is 11.3 Å². The van der Waals surface area contributed by atoms with E-state index in [2.05, 4.69) is 17.1 Å². The maximum absolute atomic E-state index is 10.4. The molecule has 1 aliphatic rings. The summed E-state index contributed by atoms with van der Waals surface area (Å²) in [6, 6.07) is 6.29. The average molecular weight is 287 g/mol. The number of hydrogen-bond donors (Lipinski definition) is 1. The lowest BCUT2D eigenvalue weighted by molar-refractivity contribution is 0.181. The van der Waals surface area contributed by atoms with E-state index in [4.69, 9.17) is 0 Å². The third-order valence-corrected chi connectivity index (χ3v) is 5.31. The van der Waals surface area contributed by atoms with Crippen molar-refractivity contribution in [1.82, 2.24) is 4.98 Å². The van der Waals surface area contributed by atoms with E-state index in [1.165, 1.54) is 42.5 Å². The van der Waals surface area contributed by atoms with Crippen molar-refractivity contribution in [1.29, 1.82) is 0 Å². The molecule has 0 bridgehead atoms. The number of thiophene rings is 1. The number of pyridine rings is 1. The molecule has 0 aliphatic heterocycles. The molecule has 2 aromatic heterocycles. The maximum atomic E-state index is 10.4. The Morgan fingerprint density at radius 1 is 1.25 bits per heavy atom. The minimum Gasteiger partial charge on any atom is -0.387 e. The Labute approximate surface area is 124 Å². The molecule has 0 saturated heterocycles. The van der Waals surface area contributed by atoms with Crippen LogP contribution in [0.4, 0.5) is 0 Å². The van der Waals surface area contributed by atoms with Crippen LogP contribution in [-0.2, 0) is 19.3 Å². The molecule has 0 fully saturated rings. The van der Waals surface area contributed by atoms with Gasteiger partial charge in [-0.15, -0.1) is 11.3 Å². The van der Waals surface area contributed by atoms with Gasteiger partial charge in [-0.05, 0) is 55.9 Å². The fourth-order valence-corrected chi connectivity index (χ4v) is 4.02. The quantitative estimate of drug-likeness (QED) is 0.866. The zero-order valence-corrected chi connectivity index (χ0v) is 12.7. The van der Waals surface area contributed by atoms with Crippen molar-refractivity contribution in [3.8, 4) is 0 Å². The molecule has 1 aliphatic carbocycles. The molecule has 20 heavy (non-hydrogen) atoms. The minimum absolute atomic E-state index is 0.415. The SMILES string of the molecule is Cc1ccc(CC(O)c2cc3c(s2)CCCCC3)nc1. The lowest BCUT2D eigenvalue weighted by atomic mass is 10.1. The molecular formula is C17H21NOS. The summed E-state index contributed by atoms with van der Waals surface area (Å²) < 4.78 is 0. The lowest BCUT2D eigenvalue weighted by Gasteiger charge is -2.08. The standard InChI is InChI=1S/C17H21NOS/c1-12-7-8-14(18-11-12)10-15(19)17-9-13-5-3-2-4-6-16(13)20-17/h7-9,11,15,19H,2-6,10H2,1H3. The van der Waals surface area contributed by atoms with Gasteiger partial charge in [-0.3, -0.25) is 4.98 Å². The first-order valence-corrected chi connectivity index (χ1v) is 8.25. The molecule has 106 valence electrons. The second kappa shape index (κ2) is 6.06. The van der Waals surface area contributed by atoms with Gasteiger partial charge >= 0.3 is 0 Å². The number of fused-ring (bicyclic) bond motifs is 1. The van der Waals surface area contributed by atoms with E-state index in [9.17, 15) is 5.11 Å². The van der Waals surface area contributed by atoms with Crippen molar-refractivity contribution in [3.63, 3.8) is 0 Å². The maximum Gasteiger partial charge on any atom is 0.0937 e. The van der Waals surface area contributed by atoms with Crippen molar-refractivity contribution >= 4 is 11.3 Å². The van der Waals surface area contributed by atoms with Crippen LogP contribution < -0.4 is 0 Å². The topological polar surface area (TPSA) is 33.1 Å². The summed E-state index contributed by atoms with van der Waals surface area (Å²) in [4.78, 5) is 6.99. The summed E-state index contributed by atoms with van der Waals surface area (Å²) in [5.41, 5.74) is 3.59. The van der Waals surface area contributed by atoms with Gasteiger partial charge < -0.3 is 5.11 Å². The van der Waals surface area contributed by atoms with Crippen LogP contribution in [-0.4, -0.2) is 10.1 Å². The van der Waals surface area contributed by atoms with E-state index < -0.39 is 6.10 Å². The van der Waals surface area contributed by atoms with Gasteiger partial charge in [0.05, 0.1) is 6.10 Å². The van der Waals surface area contributed by atoms with Crippen LogP contribution in [0.3, 0.4) is 0 Å². The van der Waals surface area contributed by atoms with Crippen LogP contribution in [0.1, 0.15) is 51.9 Å². The van der Waals surface area contributed by atoms with Crippen molar-refractivity contribution < 1.29 is 5.11 Å². The van der Waals surface area contributed by atoms with E-state index in [-0.39, 0.29) is 0 Å². The molecule has 1 unspecified atom stereocenters. The molecule has 0 spiro atoms. The predicted molar refractivity (Wildman–Crippen MR) is 83.2 cm³/mol. The highest BCUT2D eigenvalue weighted by Crippen LogP contribution is 2.33. The third kappa shape index (κ3) is 3.10.